The lowest BCUT2D eigenvalue weighted by atomic mass is 10.1. The molecule has 0 aliphatic carbocycles. The molecule has 29 heavy (non-hydrogen) atoms. The Kier molecular flexibility index (Phi) is 7.80. The molecular formula is C21H19BrN2O5. The molecule has 0 spiro atoms. The number of nitriles is 1. The molecule has 0 aliphatic heterocycles. The van der Waals surface area contributed by atoms with Crippen LogP contribution in [0.4, 0.5) is 0 Å². The lowest BCUT2D eigenvalue weighted by Crippen LogP contribution is -2.27. The number of hydrogen-bond acceptors (Lipinski definition) is 5. The largest absolute Gasteiger partial charge is 0.493 e. The van der Waals surface area contributed by atoms with Crippen LogP contribution in [0.3, 0.4) is 0 Å². The fourth-order valence-electron chi connectivity index (χ4n) is 2.51. The molecule has 2 aromatic rings. The van der Waals surface area contributed by atoms with E-state index in [1.165, 1.54) is 13.2 Å². The zero-order valence-corrected chi connectivity index (χ0v) is 17.4. The highest BCUT2D eigenvalue weighted by molar-refractivity contribution is 9.10. The van der Waals surface area contributed by atoms with Gasteiger partial charge in [0.2, 0.25) is 0 Å². The number of carboxylic acids is 1. The van der Waals surface area contributed by atoms with Crippen LogP contribution in [0, 0.1) is 11.3 Å². The molecule has 0 aliphatic rings. The van der Waals surface area contributed by atoms with Crippen LogP contribution in [-0.4, -0.2) is 30.7 Å². The molecule has 0 fully saturated rings. The average Bonchev–Trinajstić information content (AvgIpc) is 2.71. The molecule has 7 nitrogen and oxygen atoms in total. The van der Waals surface area contributed by atoms with Crippen LogP contribution in [0.5, 0.6) is 11.5 Å². The van der Waals surface area contributed by atoms with E-state index in [1.54, 1.807) is 12.1 Å². The van der Waals surface area contributed by atoms with Crippen molar-refractivity contribution in [3.05, 3.63) is 63.6 Å². The highest BCUT2D eigenvalue weighted by Gasteiger charge is 2.16. The Morgan fingerprint density at radius 1 is 1.31 bits per heavy atom. The number of ether oxygens (including phenoxy) is 2. The number of nitrogens with zero attached hydrogens (tertiary/aromatic N) is 1. The first-order chi connectivity index (χ1) is 13.8. The third-order valence-corrected chi connectivity index (χ3v) is 4.50. The third kappa shape index (κ3) is 6.09. The molecule has 2 N–H and O–H groups in total. The topological polar surface area (TPSA) is 109 Å². The Labute approximate surface area is 176 Å². The van der Waals surface area contributed by atoms with Crippen LogP contribution in [0.25, 0.3) is 6.08 Å². The first-order valence-electron chi connectivity index (χ1n) is 8.55. The number of rotatable bonds is 8. The van der Waals surface area contributed by atoms with Gasteiger partial charge in [0.15, 0.2) is 18.1 Å². The van der Waals surface area contributed by atoms with Crippen LogP contribution in [0.15, 0.2) is 52.5 Å². The monoisotopic (exact) mass is 458 g/mol. The Morgan fingerprint density at radius 3 is 2.59 bits per heavy atom. The van der Waals surface area contributed by atoms with Gasteiger partial charge in [-0.2, -0.15) is 5.26 Å². The van der Waals surface area contributed by atoms with Crippen LogP contribution >= 0.6 is 15.9 Å². The molecule has 0 radical (unpaired) electrons. The zero-order valence-electron chi connectivity index (χ0n) is 15.8. The SMILES string of the molecule is COc1cc(/C=C(\C#N)C(=O)N[C@@H](C)c2ccccc2)cc(Br)c1OCC(=O)O. The summed E-state index contributed by atoms with van der Waals surface area (Å²) in [4.78, 5) is 23.2. The van der Waals surface area contributed by atoms with Gasteiger partial charge in [0.1, 0.15) is 11.6 Å². The Morgan fingerprint density at radius 2 is 2.00 bits per heavy atom. The highest BCUT2D eigenvalue weighted by atomic mass is 79.9. The zero-order chi connectivity index (χ0) is 21.4. The molecule has 0 aromatic heterocycles. The first kappa shape index (κ1) is 22.0. The Balaban J connectivity index is 2.25. The molecule has 0 saturated heterocycles. The third-order valence-electron chi connectivity index (χ3n) is 3.92. The van der Waals surface area contributed by atoms with E-state index in [0.29, 0.717) is 10.0 Å². The predicted octanol–water partition coefficient (Wildman–Crippen LogP) is 3.71. The van der Waals surface area contributed by atoms with E-state index in [9.17, 15) is 14.9 Å². The molecule has 2 rings (SSSR count). The van der Waals surface area contributed by atoms with Gasteiger partial charge < -0.3 is 19.9 Å². The summed E-state index contributed by atoms with van der Waals surface area (Å²) in [5.74, 6) is -1.15. The van der Waals surface area contributed by atoms with Crippen molar-refractivity contribution in [2.75, 3.05) is 13.7 Å². The number of hydrogen-bond donors (Lipinski definition) is 2. The van der Waals surface area contributed by atoms with Gasteiger partial charge in [-0.25, -0.2) is 4.79 Å². The van der Waals surface area contributed by atoms with E-state index < -0.39 is 18.5 Å². The molecule has 0 saturated carbocycles. The van der Waals surface area contributed by atoms with Crippen molar-refractivity contribution >= 4 is 33.9 Å². The van der Waals surface area contributed by atoms with Crippen LogP contribution in [0.1, 0.15) is 24.1 Å². The predicted molar refractivity (Wildman–Crippen MR) is 110 cm³/mol. The Hall–Kier alpha value is -3.31. The van der Waals surface area contributed by atoms with Crippen molar-refractivity contribution in [2.45, 2.75) is 13.0 Å². The van der Waals surface area contributed by atoms with E-state index in [2.05, 4.69) is 21.2 Å². The summed E-state index contributed by atoms with van der Waals surface area (Å²) < 4.78 is 10.9. The van der Waals surface area contributed by atoms with E-state index in [0.717, 1.165) is 5.56 Å². The van der Waals surface area contributed by atoms with Gasteiger partial charge in [-0.1, -0.05) is 30.3 Å². The number of halogens is 1. The molecule has 150 valence electrons. The van der Waals surface area contributed by atoms with Crippen LogP contribution in [0.2, 0.25) is 0 Å². The molecule has 0 bridgehead atoms. The number of nitrogens with one attached hydrogen (secondary N) is 1. The van der Waals surface area contributed by atoms with Crippen LogP contribution < -0.4 is 14.8 Å². The fourth-order valence-corrected chi connectivity index (χ4v) is 3.09. The number of aliphatic carboxylic acids is 1. The summed E-state index contributed by atoms with van der Waals surface area (Å²) in [6.07, 6.45) is 1.42. The number of carbonyl (C=O) groups excluding carboxylic acids is 1. The van der Waals surface area contributed by atoms with Gasteiger partial charge in [-0.3, -0.25) is 4.79 Å². The van der Waals surface area contributed by atoms with E-state index >= 15 is 0 Å². The normalized spacial score (nSPS) is 11.9. The van der Waals surface area contributed by atoms with Gasteiger partial charge in [0.25, 0.3) is 5.91 Å². The minimum Gasteiger partial charge on any atom is -0.493 e. The van der Waals surface area contributed by atoms with Gasteiger partial charge in [-0.15, -0.1) is 0 Å². The average molecular weight is 459 g/mol. The summed E-state index contributed by atoms with van der Waals surface area (Å²) in [5, 5.41) is 21.0. The molecule has 2 aromatic carbocycles. The number of carboxylic acid groups (broad SMARTS) is 1. The van der Waals surface area contributed by atoms with Crippen molar-refractivity contribution in [1.82, 2.24) is 5.32 Å². The molecule has 8 heteroatoms. The van der Waals surface area contributed by atoms with Crippen molar-refractivity contribution in [3.8, 4) is 17.6 Å². The van der Waals surface area contributed by atoms with Gasteiger partial charge in [0.05, 0.1) is 17.6 Å². The van der Waals surface area contributed by atoms with Gasteiger partial charge in [0, 0.05) is 0 Å². The Bertz CT molecular complexity index is 967. The molecular weight excluding hydrogens is 440 g/mol. The summed E-state index contributed by atoms with van der Waals surface area (Å²) in [6, 6.07) is 14.2. The number of benzene rings is 2. The standard InChI is InChI=1S/C21H19BrN2O5/c1-13(15-6-4-3-5-7-15)24-21(27)16(11-23)8-14-9-17(22)20(18(10-14)28-2)29-12-19(25)26/h3-10,13H,12H2,1-2H3,(H,24,27)(H,25,26)/b16-8+/t13-/m0/s1. The maximum Gasteiger partial charge on any atom is 0.341 e. The van der Waals surface area contributed by atoms with Gasteiger partial charge >= 0.3 is 5.97 Å². The van der Waals surface area contributed by atoms with E-state index in [-0.39, 0.29) is 23.1 Å². The lowest BCUT2D eigenvalue weighted by Gasteiger charge is -2.14. The smallest absolute Gasteiger partial charge is 0.341 e. The highest BCUT2D eigenvalue weighted by Crippen LogP contribution is 2.37. The van der Waals surface area contributed by atoms with Crippen molar-refractivity contribution < 1.29 is 24.2 Å². The molecule has 1 amide bonds. The number of methoxy groups -OCH3 is 1. The van der Waals surface area contributed by atoms with E-state index in [1.807, 2.05) is 43.3 Å². The van der Waals surface area contributed by atoms with Crippen molar-refractivity contribution in [1.29, 1.82) is 5.26 Å². The minimum atomic E-state index is -1.13. The minimum absolute atomic E-state index is 0.0825. The molecule has 1 atom stereocenters. The van der Waals surface area contributed by atoms with Crippen molar-refractivity contribution in [2.24, 2.45) is 0 Å². The summed E-state index contributed by atoms with van der Waals surface area (Å²) in [5.41, 5.74) is 1.35. The van der Waals surface area contributed by atoms with E-state index in [4.69, 9.17) is 14.6 Å². The maximum absolute atomic E-state index is 12.5. The second-order valence-corrected chi connectivity index (χ2v) is 6.85. The summed E-state index contributed by atoms with van der Waals surface area (Å²) in [6.45, 7) is 1.30. The summed E-state index contributed by atoms with van der Waals surface area (Å²) >= 11 is 3.30. The van der Waals surface area contributed by atoms with Crippen LogP contribution in [-0.2, 0) is 9.59 Å². The lowest BCUT2D eigenvalue weighted by molar-refractivity contribution is -0.139. The number of amides is 1. The summed E-state index contributed by atoms with van der Waals surface area (Å²) in [7, 11) is 1.41. The van der Waals surface area contributed by atoms with Crippen molar-refractivity contribution in [3.63, 3.8) is 0 Å². The second-order valence-electron chi connectivity index (χ2n) is 5.99. The number of carbonyl (C=O) groups is 2. The van der Waals surface area contributed by atoms with Gasteiger partial charge in [-0.05, 0) is 52.2 Å². The molecule has 0 heterocycles. The quantitative estimate of drug-likeness (QED) is 0.460. The first-order valence-corrected chi connectivity index (χ1v) is 9.34. The fraction of sp³-hybridized carbons (Fsp3) is 0.190. The second kappa shape index (κ2) is 10.3. The molecule has 0 unspecified atom stereocenters. The maximum atomic E-state index is 12.5.